The fourth-order valence-electron chi connectivity index (χ4n) is 2.38. The van der Waals surface area contributed by atoms with Gasteiger partial charge in [0.15, 0.2) is 0 Å². The molecule has 1 aromatic rings. The summed E-state index contributed by atoms with van der Waals surface area (Å²) >= 11 is 0. The Morgan fingerprint density at radius 1 is 1.48 bits per heavy atom. The fourth-order valence-corrected chi connectivity index (χ4v) is 2.38. The number of carbonyl (C=O) groups excluding carboxylic acids is 1. The van der Waals surface area contributed by atoms with E-state index in [1.54, 1.807) is 4.90 Å². The number of para-hydroxylation sites is 1. The quantitative estimate of drug-likeness (QED) is 0.861. The third-order valence-corrected chi connectivity index (χ3v) is 3.51. The predicted molar refractivity (Wildman–Crippen MR) is 81.3 cm³/mol. The Hall–Kier alpha value is -1.59. The van der Waals surface area contributed by atoms with Crippen LogP contribution < -0.4 is 10.1 Å². The zero-order chi connectivity index (χ0) is 15.1. The Morgan fingerprint density at radius 2 is 2.29 bits per heavy atom. The van der Waals surface area contributed by atoms with Gasteiger partial charge in [-0.3, -0.25) is 4.79 Å². The minimum atomic E-state index is -0.0177. The largest absolute Gasteiger partial charge is 0.494 e. The lowest BCUT2D eigenvalue weighted by Gasteiger charge is -2.26. The number of rotatable bonds is 6. The zero-order valence-electron chi connectivity index (χ0n) is 12.8. The first-order valence-corrected chi connectivity index (χ1v) is 7.47. The number of hydrogen-bond acceptors (Lipinski definition) is 4. The van der Waals surface area contributed by atoms with Gasteiger partial charge < -0.3 is 19.7 Å². The number of benzene rings is 1. The summed E-state index contributed by atoms with van der Waals surface area (Å²) in [6, 6.07) is 7.83. The molecule has 1 N–H and O–H groups in total. The topological polar surface area (TPSA) is 50.8 Å². The monoisotopic (exact) mass is 292 g/mol. The van der Waals surface area contributed by atoms with Crippen LogP contribution in [0.3, 0.4) is 0 Å². The van der Waals surface area contributed by atoms with Gasteiger partial charge in [-0.05, 0) is 13.0 Å². The molecule has 1 fully saturated rings. The molecule has 0 spiro atoms. The average Bonchev–Trinajstić information content (AvgIpc) is 2.50. The van der Waals surface area contributed by atoms with Crippen LogP contribution in [0.1, 0.15) is 18.9 Å². The van der Waals surface area contributed by atoms with Crippen LogP contribution in [0, 0.1) is 0 Å². The number of amides is 1. The molecule has 1 aromatic carbocycles. The Labute approximate surface area is 126 Å². The molecule has 1 heterocycles. The maximum Gasteiger partial charge on any atom is 0.225 e. The second-order valence-corrected chi connectivity index (χ2v) is 5.19. The minimum Gasteiger partial charge on any atom is -0.494 e. The fraction of sp³-hybridized carbons (Fsp3) is 0.562. The maximum absolute atomic E-state index is 12.3. The first kappa shape index (κ1) is 15.8. The van der Waals surface area contributed by atoms with Crippen LogP contribution >= 0.6 is 0 Å². The van der Waals surface area contributed by atoms with Crippen molar-refractivity contribution in [1.29, 1.82) is 0 Å². The first-order chi connectivity index (χ1) is 10.2. The molecule has 1 aliphatic rings. The maximum atomic E-state index is 12.3. The molecule has 1 atom stereocenters. The van der Waals surface area contributed by atoms with E-state index < -0.39 is 0 Å². The highest BCUT2D eigenvalue weighted by molar-refractivity contribution is 5.76. The Bertz CT molecular complexity index is 459. The molecule has 0 saturated carbocycles. The van der Waals surface area contributed by atoms with Crippen LogP contribution in [0.2, 0.25) is 0 Å². The van der Waals surface area contributed by atoms with Gasteiger partial charge in [0.2, 0.25) is 5.91 Å². The summed E-state index contributed by atoms with van der Waals surface area (Å²) in [6.45, 7) is 5.41. The van der Waals surface area contributed by atoms with Crippen LogP contribution in [-0.4, -0.2) is 50.3 Å². The number of ether oxygens (including phenoxy) is 2. The smallest absolute Gasteiger partial charge is 0.225 e. The highest BCUT2D eigenvalue weighted by Crippen LogP contribution is 2.20. The van der Waals surface area contributed by atoms with Crippen LogP contribution in [0.15, 0.2) is 24.3 Å². The molecule has 1 amide bonds. The highest BCUT2D eigenvalue weighted by atomic mass is 16.5. The van der Waals surface area contributed by atoms with Crippen LogP contribution in [0.5, 0.6) is 5.75 Å². The van der Waals surface area contributed by atoms with E-state index in [0.717, 1.165) is 24.4 Å². The van der Waals surface area contributed by atoms with Gasteiger partial charge >= 0.3 is 0 Å². The van der Waals surface area contributed by atoms with E-state index in [9.17, 15) is 4.79 Å². The SMILES string of the molecule is CCOc1ccccc1CN(C)C(=O)CC1CNCCO1. The summed E-state index contributed by atoms with van der Waals surface area (Å²) in [4.78, 5) is 14.0. The van der Waals surface area contributed by atoms with Gasteiger partial charge in [-0.25, -0.2) is 0 Å². The van der Waals surface area contributed by atoms with Gasteiger partial charge in [0, 0.05) is 32.2 Å². The van der Waals surface area contributed by atoms with E-state index >= 15 is 0 Å². The number of morpholine rings is 1. The lowest BCUT2D eigenvalue weighted by atomic mass is 10.1. The highest BCUT2D eigenvalue weighted by Gasteiger charge is 2.20. The van der Waals surface area contributed by atoms with E-state index in [2.05, 4.69) is 5.32 Å². The molecular formula is C16H24N2O3. The zero-order valence-corrected chi connectivity index (χ0v) is 12.8. The van der Waals surface area contributed by atoms with Crippen molar-refractivity contribution in [3.05, 3.63) is 29.8 Å². The van der Waals surface area contributed by atoms with E-state index in [4.69, 9.17) is 9.47 Å². The van der Waals surface area contributed by atoms with Crippen molar-refractivity contribution in [2.45, 2.75) is 26.0 Å². The standard InChI is InChI=1S/C16H24N2O3/c1-3-20-15-7-5-4-6-13(15)12-18(2)16(19)10-14-11-17-8-9-21-14/h4-7,14,17H,3,8-12H2,1-2H3. The molecule has 5 heteroatoms. The Kier molecular flexibility index (Phi) is 6.02. The molecule has 116 valence electrons. The van der Waals surface area contributed by atoms with Crippen molar-refractivity contribution in [3.63, 3.8) is 0 Å². The summed E-state index contributed by atoms with van der Waals surface area (Å²) in [5.74, 6) is 0.935. The lowest BCUT2D eigenvalue weighted by molar-refractivity contribution is -0.134. The van der Waals surface area contributed by atoms with Crippen LogP contribution in [0.25, 0.3) is 0 Å². The van der Waals surface area contributed by atoms with Gasteiger partial charge in [-0.1, -0.05) is 18.2 Å². The number of carbonyl (C=O) groups is 1. The minimum absolute atomic E-state index is 0.0177. The van der Waals surface area contributed by atoms with Gasteiger partial charge in [0.25, 0.3) is 0 Å². The summed E-state index contributed by atoms with van der Waals surface area (Å²) in [7, 11) is 1.82. The normalized spacial score (nSPS) is 18.3. The van der Waals surface area contributed by atoms with Crippen molar-refractivity contribution < 1.29 is 14.3 Å². The summed E-state index contributed by atoms with van der Waals surface area (Å²) in [6.07, 6.45) is 0.399. The molecule has 0 radical (unpaired) electrons. The van der Waals surface area contributed by atoms with Gasteiger partial charge in [0.1, 0.15) is 5.75 Å². The van der Waals surface area contributed by atoms with Gasteiger partial charge in [-0.2, -0.15) is 0 Å². The van der Waals surface area contributed by atoms with Gasteiger partial charge in [-0.15, -0.1) is 0 Å². The average molecular weight is 292 g/mol. The molecule has 1 saturated heterocycles. The van der Waals surface area contributed by atoms with Gasteiger partial charge in [0.05, 0.1) is 25.7 Å². The van der Waals surface area contributed by atoms with Crippen LogP contribution in [-0.2, 0) is 16.1 Å². The summed E-state index contributed by atoms with van der Waals surface area (Å²) < 4.78 is 11.2. The second-order valence-electron chi connectivity index (χ2n) is 5.19. The van der Waals surface area contributed by atoms with Crippen molar-refractivity contribution in [2.75, 3.05) is 33.4 Å². The molecule has 0 aliphatic carbocycles. The van der Waals surface area contributed by atoms with E-state index in [-0.39, 0.29) is 12.0 Å². The summed E-state index contributed by atoms with van der Waals surface area (Å²) in [5, 5.41) is 3.24. The second kappa shape index (κ2) is 8.00. The lowest BCUT2D eigenvalue weighted by Crippen LogP contribution is -2.41. The molecular weight excluding hydrogens is 268 g/mol. The van der Waals surface area contributed by atoms with E-state index in [1.165, 1.54) is 0 Å². The van der Waals surface area contributed by atoms with E-state index in [0.29, 0.717) is 26.2 Å². The third-order valence-electron chi connectivity index (χ3n) is 3.51. The third kappa shape index (κ3) is 4.72. The number of nitrogens with one attached hydrogen (secondary N) is 1. The number of nitrogens with zero attached hydrogens (tertiary/aromatic N) is 1. The molecule has 1 unspecified atom stereocenters. The summed E-state index contributed by atoms with van der Waals surface area (Å²) in [5.41, 5.74) is 1.03. The molecule has 5 nitrogen and oxygen atoms in total. The van der Waals surface area contributed by atoms with E-state index in [1.807, 2.05) is 38.2 Å². The first-order valence-electron chi connectivity index (χ1n) is 7.47. The molecule has 1 aliphatic heterocycles. The Balaban J connectivity index is 1.90. The molecule has 0 aromatic heterocycles. The Morgan fingerprint density at radius 3 is 3.00 bits per heavy atom. The van der Waals surface area contributed by atoms with Crippen LogP contribution in [0.4, 0.5) is 0 Å². The number of hydrogen-bond donors (Lipinski definition) is 1. The van der Waals surface area contributed by atoms with Crippen molar-refractivity contribution >= 4 is 5.91 Å². The van der Waals surface area contributed by atoms with Crippen molar-refractivity contribution in [3.8, 4) is 5.75 Å². The predicted octanol–water partition coefficient (Wildman–Crippen LogP) is 1.42. The molecule has 2 rings (SSSR count). The molecule has 21 heavy (non-hydrogen) atoms. The van der Waals surface area contributed by atoms with Crippen molar-refractivity contribution in [2.24, 2.45) is 0 Å². The molecule has 0 bridgehead atoms. The van der Waals surface area contributed by atoms with Crippen molar-refractivity contribution in [1.82, 2.24) is 10.2 Å².